The van der Waals surface area contributed by atoms with Crippen molar-refractivity contribution in [2.75, 3.05) is 25.0 Å². The molecule has 0 spiro atoms. The summed E-state index contributed by atoms with van der Waals surface area (Å²) < 4.78 is 33.0. The second kappa shape index (κ2) is 7.94. The maximum Gasteiger partial charge on any atom is 0.246 e. The summed E-state index contributed by atoms with van der Waals surface area (Å²) in [7, 11) is -3.64. The fourth-order valence-electron chi connectivity index (χ4n) is 3.63. The van der Waals surface area contributed by atoms with Crippen molar-refractivity contribution in [1.29, 1.82) is 0 Å². The Morgan fingerprint density at radius 1 is 1.31 bits per heavy atom. The van der Waals surface area contributed by atoms with Crippen molar-refractivity contribution >= 4 is 21.6 Å². The molecule has 0 radical (unpaired) electrons. The second-order valence-electron chi connectivity index (χ2n) is 6.97. The first kappa shape index (κ1) is 19.1. The van der Waals surface area contributed by atoms with E-state index in [4.69, 9.17) is 10.5 Å². The van der Waals surface area contributed by atoms with Gasteiger partial charge in [-0.05, 0) is 57.2 Å². The second-order valence-corrected chi connectivity index (χ2v) is 8.87. The Labute approximate surface area is 154 Å². The van der Waals surface area contributed by atoms with Gasteiger partial charge in [-0.2, -0.15) is 4.31 Å². The van der Waals surface area contributed by atoms with E-state index in [2.05, 4.69) is 5.32 Å². The lowest BCUT2D eigenvalue weighted by atomic mass is 10.1. The minimum absolute atomic E-state index is 0.0668. The predicted octanol–water partition coefficient (Wildman–Crippen LogP) is 1.94. The SMILES string of the molecule is CCOc1ccc(NC(=O)C2CCC(N)C2)cc1S(=O)(=O)N1CCCC1. The summed E-state index contributed by atoms with van der Waals surface area (Å²) in [5, 5.41) is 2.84. The summed E-state index contributed by atoms with van der Waals surface area (Å²) in [6, 6.07) is 4.87. The molecule has 0 aromatic heterocycles. The Kier molecular flexibility index (Phi) is 5.84. The molecule has 7 nitrogen and oxygen atoms in total. The zero-order valence-corrected chi connectivity index (χ0v) is 15.9. The van der Waals surface area contributed by atoms with Crippen LogP contribution in [0, 0.1) is 5.92 Å². The van der Waals surface area contributed by atoms with Crippen LogP contribution in [0.1, 0.15) is 39.0 Å². The Balaban J connectivity index is 1.85. The van der Waals surface area contributed by atoms with Crippen molar-refractivity contribution in [3.63, 3.8) is 0 Å². The first-order chi connectivity index (χ1) is 12.4. The van der Waals surface area contributed by atoms with Crippen molar-refractivity contribution in [1.82, 2.24) is 4.31 Å². The molecule has 2 fully saturated rings. The average molecular weight is 381 g/mol. The van der Waals surface area contributed by atoms with Gasteiger partial charge in [0.2, 0.25) is 15.9 Å². The molecule has 1 heterocycles. The average Bonchev–Trinajstić information content (AvgIpc) is 3.28. The molecule has 0 bridgehead atoms. The summed E-state index contributed by atoms with van der Waals surface area (Å²) in [4.78, 5) is 12.5. The van der Waals surface area contributed by atoms with Gasteiger partial charge in [0, 0.05) is 30.7 Å². The van der Waals surface area contributed by atoms with E-state index >= 15 is 0 Å². The Bertz CT molecular complexity index is 760. The Morgan fingerprint density at radius 2 is 2.04 bits per heavy atom. The first-order valence-corrected chi connectivity index (χ1v) is 10.7. The van der Waals surface area contributed by atoms with Gasteiger partial charge in [0.05, 0.1) is 6.61 Å². The highest BCUT2D eigenvalue weighted by Gasteiger charge is 2.31. The number of anilines is 1. The standard InChI is InChI=1S/C18H27N3O4S/c1-2-25-16-8-7-15(20-18(22)13-5-6-14(19)11-13)12-17(16)26(23,24)21-9-3-4-10-21/h7-8,12-14H,2-6,9-11,19H2,1H3,(H,20,22). The number of nitrogens with zero attached hydrogens (tertiary/aromatic N) is 1. The molecule has 1 saturated carbocycles. The highest BCUT2D eigenvalue weighted by molar-refractivity contribution is 7.89. The third kappa shape index (κ3) is 4.02. The molecule has 1 amide bonds. The van der Waals surface area contributed by atoms with Crippen molar-refractivity contribution < 1.29 is 17.9 Å². The van der Waals surface area contributed by atoms with E-state index in [1.54, 1.807) is 12.1 Å². The molecule has 2 unspecified atom stereocenters. The number of rotatable bonds is 6. The van der Waals surface area contributed by atoms with Crippen LogP contribution in [-0.4, -0.2) is 44.4 Å². The van der Waals surface area contributed by atoms with Gasteiger partial charge in [0.25, 0.3) is 0 Å². The van der Waals surface area contributed by atoms with Crippen LogP contribution in [0.2, 0.25) is 0 Å². The highest BCUT2D eigenvalue weighted by atomic mass is 32.2. The normalized spacial score (nSPS) is 23.9. The van der Waals surface area contributed by atoms with Crippen LogP contribution in [-0.2, 0) is 14.8 Å². The first-order valence-electron chi connectivity index (χ1n) is 9.25. The van der Waals surface area contributed by atoms with Crippen molar-refractivity contribution in [3.8, 4) is 5.75 Å². The molecule has 144 valence electrons. The Morgan fingerprint density at radius 3 is 2.65 bits per heavy atom. The van der Waals surface area contributed by atoms with Gasteiger partial charge in [-0.1, -0.05) is 0 Å². The molecule has 3 N–H and O–H groups in total. The van der Waals surface area contributed by atoms with Gasteiger partial charge in [-0.25, -0.2) is 8.42 Å². The number of nitrogens with one attached hydrogen (secondary N) is 1. The van der Waals surface area contributed by atoms with Gasteiger partial charge >= 0.3 is 0 Å². The van der Waals surface area contributed by atoms with E-state index in [0.29, 0.717) is 37.6 Å². The zero-order valence-electron chi connectivity index (χ0n) is 15.1. The van der Waals surface area contributed by atoms with E-state index in [0.717, 1.165) is 25.7 Å². The smallest absolute Gasteiger partial charge is 0.246 e. The number of benzene rings is 1. The third-order valence-electron chi connectivity index (χ3n) is 5.04. The molecule has 1 saturated heterocycles. The van der Waals surface area contributed by atoms with Crippen LogP contribution in [0.15, 0.2) is 23.1 Å². The van der Waals surface area contributed by atoms with E-state index in [9.17, 15) is 13.2 Å². The molecule has 26 heavy (non-hydrogen) atoms. The number of hydrogen-bond donors (Lipinski definition) is 2. The fourth-order valence-corrected chi connectivity index (χ4v) is 5.30. The number of nitrogens with two attached hydrogens (primary N) is 1. The summed E-state index contributed by atoms with van der Waals surface area (Å²) >= 11 is 0. The van der Waals surface area contributed by atoms with E-state index < -0.39 is 10.0 Å². The number of ether oxygens (including phenoxy) is 1. The topological polar surface area (TPSA) is 102 Å². The summed E-state index contributed by atoms with van der Waals surface area (Å²) in [6.07, 6.45) is 4.00. The molecule has 1 aliphatic heterocycles. The molecule has 3 rings (SSSR count). The van der Waals surface area contributed by atoms with Crippen molar-refractivity contribution in [3.05, 3.63) is 18.2 Å². The molecular weight excluding hydrogens is 354 g/mol. The van der Waals surface area contributed by atoms with E-state index in [-0.39, 0.29) is 22.8 Å². The van der Waals surface area contributed by atoms with Gasteiger partial charge in [-0.15, -0.1) is 0 Å². The number of sulfonamides is 1. The van der Waals surface area contributed by atoms with Crippen LogP contribution < -0.4 is 15.8 Å². The quantitative estimate of drug-likeness (QED) is 0.784. The van der Waals surface area contributed by atoms with E-state index in [1.807, 2.05) is 6.92 Å². The molecule has 1 aromatic carbocycles. The maximum atomic E-state index is 13.0. The van der Waals surface area contributed by atoms with Crippen LogP contribution in [0.5, 0.6) is 5.75 Å². The lowest BCUT2D eigenvalue weighted by Crippen LogP contribution is -2.28. The van der Waals surface area contributed by atoms with Crippen LogP contribution in [0.4, 0.5) is 5.69 Å². The monoisotopic (exact) mass is 381 g/mol. The number of carbonyl (C=O) groups is 1. The summed E-state index contributed by atoms with van der Waals surface area (Å²) in [5.74, 6) is 0.0992. The van der Waals surface area contributed by atoms with Crippen molar-refractivity contribution in [2.45, 2.75) is 50.0 Å². The molecule has 8 heteroatoms. The molecule has 2 atom stereocenters. The molecule has 2 aliphatic rings. The van der Waals surface area contributed by atoms with Crippen LogP contribution in [0.25, 0.3) is 0 Å². The summed E-state index contributed by atoms with van der Waals surface area (Å²) in [5.41, 5.74) is 6.35. The molecular formula is C18H27N3O4S. The van der Waals surface area contributed by atoms with Gasteiger partial charge in [-0.3, -0.25) is 4.79 Å². The van der Waals surface area contributed by atoms with Gasteiger partial charge in [0.1, 0.15) is 10.6 Å². The summed E-state index contributed by atoms with van der Waals surface area (Å²) in [6.45, 7) is 3.22. The van der Waals surface area contributed by atoms with E-state index in [1.165, 1.54) is 10.4 Å². The lowest BCUT2D eigenvalue weighted by molar-refractivity contribution is -0.119. The van der Waals surface area contributed by atoms with Crippen LogP contribution >= 0.6 is 0 Å². The number of carbonyl (C=O) groups excluding carboxylic acids is 1. The van der Waals surface area contributed by atoms with Crippen LogP contribution in [0.3, 0.4) is 0 Å². The van der Waals surface area contributed by atoms with Gasteiger partial charge in [0.15, 0.2) is 0 Å². The fraction of sp³-hybridized carbons (Fsp3) is 0.611. The lowest BCUT2D eigenvalue weighted by Gasteiger charge is -2.19. The number of hydrogen-bond acceptors (Lipinski definition) is 5. The largest absolute Gasteiger partial charge is 0.492 e. The maximum absolute atomic E-state index is 13.0. The molecule has 1 aliphatic carbocycles. The minimum Gasteiger partial charge on any atom is -0.492 e. The van der Waals surface area contributed by atoms with Gasteiger partial charge < -0.3 is 15.8 Å². The predicted molar refractivity (Wildman–Crippen MR) is 99.5 cm³/mol. The Hall–Kier alpha value is -1.64. The zero-order chi connectivity index (χ0) is 18.7. The molecule has 1 aromatic rings. The minimum atomic E-state index is -3.64. The van der Waals surface area contributed by atoms with Crippen molar-refractivity contribution in [2.24, 2.45) is 11.7 Å². The highest BCUT2D eigenvalue weighted by Crippen LogP contribution is 2.32. The third-order valence-corrected chi connectivity index (χ3v) is 6.96. The number of amides is 1.